The van der Waals surface area contributed by atoms with Crippen molar-refractivity contribution in [2.75, 3.05) is 19.5 Å². The fourth-order valence-corrected chi connectivity index (χ4v) is 2.38. The van der Waals surface area contributed by atoms with Crippen LogP contribution >= 0.6 is 7.82 Å². The van der Waals surface area contributed by atoms with E-state index in [0.717, 1.165) is 11.7 Å². The summed E-state index contributed by atoms with van der Waals surface area (Å²) in [5.74, 6) is -0.00418. The molecule has 1 aliphatic heterocycles. The first-order valence-electron chi connectivity index (χ1n) is 6.14. The first-order chi connectivity index (χ1) is 10.2. The van der Waals surface area contributed by atoms with Crippen LogP contribution in [0.4, 0.5) is 5.82 Å². The number of aliphatic hydroxyl groups excluding tert-OH is 2. The minimum Gasteiger partial charge on any atom is -0.387 e. The van der Waals surface area contributed by atoms with Crippen molar-refractivity contribution in [1.82, 2.24) is 9.55 Å². The quantitative estimate of drug-likeness (QED) is 0.450. The average molecular weight is 337 g/mol. The number of nitrogens with zero attached hydrogens (tertiary/aromatic N) is 2. The van der Waals surface area contributed by atoms with Crippen molar-refractivity contribution < 1.29 is 33.5 Å². The van der Waals surface area contributed by atoms with Gasteiger partial charge < -0.3 is 25.6 Å². The zero-order valence-electron chi connectivity index (χ0n) is 11.5. The Morgan fingerprint density at radius 1 is 1.50 bits per heavy atom. The third-order valence-electron chi connectivity index (χ3n) is 3.10. The number of anilines is 1. The normalized spacial score (nSPS) is 31.1. The predicted octanol–water partition coefficient (Wildman–Crippen LogP) is -1.79. The highest BCUT2D eigenvalue weighted by Crippen LogP contribution is 2.43. The number of phosphoric ester groups is 1. The number of aliphatic hydroxyl groups is 2. The summed E-state index contributed by atoms with van der Waals surface area (Å²) in [7, 11) is -3.27. The molecule has 1 aliphatic rings. The number of ether oxygens (including phenoxy) is 1. The zero-order valence-corrected chi connectivity index (χ0v) is 12.4. The van der Waals surface area contributed by atoms with Crippen LogP contribution in [0, 0.1) is 0 Å². The summed E-state index contributed by atoms with van der Waals surface area (Å²) >= 11 is 0. The van der Waals surface area contributed by atoms with E-state index in [9.17, 15) is 19.6 Å². The minimum atomic E-state index is -4.25. The van der Waals surface area contributed by atoms with Gasteiger partial charge >= 0.3 is 13.5 Å². The Kier molecular flexibility index (Phi) is 4.97. The highest BCUT2D eigenvalue weighted by atomic mass is 31.2. The molecule has 1 saturated heterocycles. The van der Waals surface area contributed by atoms with Crippen molar-refractivity contribution in [2.45, 2.75) is 24.5 Å². The molecule has 0 radical (unpaired) electrons. The SMILES string of the molecule is COP(=O)(O)OCC1OC(n2ccc(N)nc2=O)C(O)C1O. The number of phosphoric acid groups is 1. The van der Waals surface area contributed by atoms with E-state index in [0.29, 0.717) is 0 Å². The van der Waals surface area contributed by atoms with Crippen molar-refractivity contribution in [3.8, 4) is 0 Å². The van der Waals surface area contributed by atoms with E-state index in [1.807, 2.05) is 0 Å². The molecule has 1 fully saturated rings. The molecule has 22 heavy (non-hydrogen) atoms. The third-order valence-corrected chi connectivity index (χ3v) is 4.03. The smallest absolute Gasteiger partial charge is 0.387 e. The molecule has 0 aliphatic carbocycles. The molecule has 5 N–H and O–H groups in total. The Morgan fingerprint density at radius 2 is 2.18 bits per heavy atom. The number of hydrogen-bond acceptors (Lipinski definition) is 9. The van der Waals surface area contributed by atoms with Gasteiger partial charge in [-0.1, -0.05) is 0 Å². The Labute approximate surface area is 124 Å². The molecular weight excluding hydrogens is 321 g/mol. The van der Waals surface area contributed by atoms with Gasteiger partial charge in [-0.05, 0) is 6.07 Å². The molecule has 124 valence electrons. The summed E-state index contributed by atoms with van der Waals surface area (Å²) in [4.78, 5) is 24.3. The lowest BCUT2D eigenvalue weighted by atomic mass is 10.1. The van der Waals surface area contributed by atoms with E-state index in [1.165, 1.54) is 12.3 Å². The van der Waals surface area contributed by atoms with E-state index in [2.05, 4.69) is 14.0 Å². The summed E-state index contributed by atoms with van der Waals surface area (Å²) in [6, 6.07) is 1.32. The highest BCUT2D eigenvalue weighted by Gasteiger charge is 2.45. The number of aromatic nitrogens is 2. The van der Waals surface area contributed by atoms with Gasteiger partial charge in [0.2, 0.25) is 0 Å². The van der Waals surface area contributed by atoms with E-state index >= 15 is 0 Å². The molecule has 0 bridgehead atoms. The molecule has 0 aromatic carbocycles. The number of nitrogens with two attached hydrogens (primary N) is 1. The fourth-order valence-electron chi connectivity index (χ4n) is 1.94. The number of rotatable bonds is 5. The second kappa shape index (κ2) is 6.42. The van der Waals surface area contributed by atoms with Crippen LogP contribution in [0.1, 0.15) is 6.23 Å². The van der Waals surface area contributed by atoms with Crippen molar-refractivity contribution in [3.63, 3.8) is 0 Å². The van der Waals surface area contributed by atoms with Crippen LogP contribution in [0.25, 0.3) is 0 Å². The summed E-state index contributed by atoms with van der Waals surface area (Å²) in [5.41, 5.74) is 4.58. The van der Waals surface area contributed by atoms with Crippen LogP contribution < -0.4 is 11.4 Å². The maximum absolute atomic E-state index is 11.7. The van der Waals surface area contributed by atoms with E-state index in [4.69, 9.17) is 15.4 Å². The first kappa shape index (κ1) is 17.0. The van der Waals surface area contributed by atoms with Crippen molar-refractivity contribution in [3.05, 3.63) is 22.7 Å². The lowest BCUT2D eigenvalue weighted by Gasteiger charge is -2.17. The van der Waals surface area contributed by atoms with Gasteiger partial charge in [-0.15, -0.1) is 0 Å². The molecule has 0 saturated carbocycles. The lowest BCUT2D eigenvalue weighted by molar-refractivity contribution is -0.0546. The monoisotopic (exact) mass is 337 g/mol. The predicted molar refractivity (Wildman–Crippen MR) is 71.6 cm³/mol. The number of nitrogen functional groups attached to an aromatic ring is 1. The molecule has 2 heterocycles. The molecule has 0 spiro atoms. The molecule has 0 amide bonds. The average Bonchev–Trinajstić information content (AvgIpc) is 2.73. The van der Waals surface area contributed by atoms with Gasteiger partial charge in [0, 0.05) is 13.3 Å². The fraction of sp³-hybridized carbons (Fsp3) is 0.600. The van der Waals surface area contributed by atoms with Crippen LogP contribution in [0.2, 0.25) is 0 Å². The topological polar surface area (TPSA) is 166 Å². The largest absolute Gasteiger partial charge is 0.472 e. The molecule has 5 atom stereocenters. The maximum Gasteiger partial charge on any atom is 0.472 e. The van der Waals surface area contributed by atoms with Gasteiger partial charge in [-0.2, -0.15) is 4.98 Å². The highest BCUT2D eigenvalue weighted by molar-refractivity contribution is 7.47. The summed E-state index contributed by atoms with van der Waals surface area (Å²) in [5, 5.41) is 19.8. The second-order valence-corrected chi connectivity index (χ2v) is 6.10. The first-order valence-corrected chi connectivity index (χ1v) is 7.64. The van der Waals surface area contributed by atoms with Crippen LogP contribution in [-0.4, -0.2) is 56.7 Å². The summed E-state index contributed by atoms with van der Waals surface area (Å²) in [6.45, 7) is -0.520. The second-order valence-electron chi connectivity index (χ2n) is 4.54. The van der Waals surface area contributed by atoms with Crippen LogP contribution in [0.15, 0.2) is 17.1 Å². The van der Waals surface area contributed by atoms with E-state index in [1.54, 1.807) is 0 Å². The van der Waals surface area contributed by atoms with Gasteiger partial charge in [0.25, 0.3) is 0 Å². The van der Waals surface area contributed by atoms with Gasteiger partial charge in [-0.25, -0.2) is 9.36 Å². The molecule has 1 aromatic heterocycles. The van der Waals surface area contributed by atoms with E-state index < -0.39 is 44.7 Å². The van der Waals surface area contributed by atoms with Gasteiger partial charge in [0.1, 0.15) is 24.1 Å². The Balaban J connectivity index is 2.13. The summed E-state index contributed by atoms with van der Waals surface area (Å²) in [6.07, 6.45) is -4.02. The number of hydrogen-bond donors (Lipinski definition) is 4. The third kappa shape index (κ3) is 3.52. The van der Waals surface area contributed by atoms with Crippen molar-refractivity contribution in [1.29, 1.82) is 0 Å². The zero-order chi connectivity index (χ0) is 16.5. The van der Waals surface area contributed by atoms with Crippen LogP contribution in [0.3, 0.4) is 0 Å². The van der Waals surface area contributed by atoms with Gasteiger partial charge in [0.05, 0.1) is 6.61 Å². The lowest BCUT2D eigenvalue weighted by Crippen LogP contribution is -2.36. The van der Waals surface area contributed by atoms with Crippen molar-refractivity contribution >= 4 is 13.6 Å². The maximum atomic E-state index is 11.7. The van der Waals surface area contributed by atoms with Crippen LogP contribution in [0.5, 0.6) is 0 Å². The molecular formula is C10H16N3O8P. The minimum absolute atomic E-state index is 0.00418. The Bertz CT molecular complexity index is 637. The molecule has 1 aromatic rings. The van der Waals surface area contributed by atoms with Gasteiger partial charge in [0.15, 0.2) is 6.23 Å². The molecule has 5 unspecified atom stereocenters. The Morgan fingerprint density at radius 3 is 2.77 bits per heavy atom. The summed E-state index contributed by atoms with van der Waals surface area (Å²) < 4.78 is 26.2. The standard InChI is InChI=1S/C10H16N3O8P/c1-19-22(17,18)20-4-5-7(14)8(15)9(21-5)13-3-2-6(11)12-10(13)16/h2-3,5,7-9,14-15H,4H2,1H3,(H,17,18)(H2,11,12,16). The Hall–Kier alpha value is -1.33. The van der Waals surface area contributed by atoms with Gasteiger partial charge in [-0.3, -0.25) is 13.6 Å². The van der Waals surface area contributed by atoms with E-state index in [-0.39, 0.29) is 5.82 Å². The van der Waals surface area contributed by atoms with Crippen LogP contribution in [-0.2, 0) is 18.3 Å². The molecule has 11 nitrogen and oxygen atoms in total. The van der Waals surface area contributed by atoms with Crippen molar-refractivity contribution in [2.24, 2.45) is 0 Å². The molecule has 2 rings (SSSR count). The molecule has 12 heteroatoms.